The molecular weight excluding hydrogens is 242 g/mol. The van der Waals surface area contributed by atoms with Gasteiger partial charge >= 0.3 is 0 Å². The second-order valence-corrected chi connectivity index (χ2v) is 5.78. The maximum atomic E-state index is 6.18. The highest BCUT2D eigenvalue weighted by Gasteiger charge is 2.12. The summed E-state index contributed by atoms with van der Waals surface area (Å²) in [6.45, 7) is 10.9. The fourth-order valence-electron chi connectivity index (χ4n) is 2.81. The summed E-state index contributed by atoms with van der Waals surface area (Å²) in [5, 5.41) is 0. The van der Waals surface area contributed by atoms with Gasteiger partial charge in [-0.25, -0.2) is 0 Å². The van der Waals surface area contributed by atoms with Gasteiger partial charge in [-0.3, -0.25) is 0 Å². The van der Waals surface area contributed by atoms with E-state index in [1.54, 1.807) is 0 Å². The topological polar surface area (TPSA) is 26.0 Å². The molecule has 0 aromatic heterocycles. The van der Waals surface area contributed by atoms with E-state index < -0.39 is 0 Å². The molecule has 1 heteroatoms. The first-order chi connectivity index (χ1) is 9.45. The van der Waals surface area contributed by atoms with Crippen molar-refractivity contribution in [1.29, 1.82) is 0 Å². The predicted octanol–water partition coefficient (Wildman–Crippen LogP) is 5.00. The molecule has 106 valence electrons. The van der Waals surface area contributed by atoms with Crippen molar-refractivity contribution in [3.63, 3.8) is 0 Å². The largest absolute Gasteiger partial charge is 0.324 e. The Morgan fingerprint density at radius 2 is 1.55 bits per heavy atom. The zero-order valence-electron chi connectivity index (χ0n) is 13.2. The zero-order chi connectivity index (χ0) is 14.9. The number of benzene rings is 2. The monoisotopic (exact) mass is 267 g/mol. The summed E-state index contributed by atoms with van der Waals surface area (Å²) in [5.74, 6) is 0. The maximum absolute atomic E-state index is 6.18. The molecule has 1 atom stereocenters. The Bertz CT molecular complexity index is 600. The van der Waals surface area contributed by atoms with Crippen molar-refractivity contribution in [1.82, 2.24) is 0 Å². The van der Waals surface area contributed by atoms with E-state index in [2.05, 4.69) is 65.0 Å². The smallest absolute Gasteiger partial charge is 0.0292 e. The van der Waals surface area contributed by atoms with Crippen LogP contribution in [0, 0.1) is 27.7 Å². The summed E-state index contributed by atoms with van der Waals surface area (Å²) < 4.78 is 0. The lowest BCUT2D eigenvalue weighted by atomic mass is 9.88. The van der Waals surface area contributed by atoms with Crippen LogP contribution in [0.15, 0.2) is 30.3 Å². The van der Waals surface area contributed by atoms with Gasteiger partial charge in [0.2, 0.25) is 0 Å². The van der Waals surface area contributed by atoms with Crippen molar-refractivity contribution in [2.24, 2.45) is 5.73 Å². The van der Waals surface area contributed by atoms with E-state index in [0.29, 0.717) is 0 Å². The molecule has 0 saturated heterocycles. The summed E-state index contributed by atoms with van der Waals surface area (Å²) in [6, 6.07) is 11.1. The number of hydrogen-bond acceptors (Lipinski definition) is 1. The van der Waals surface area contributed by atoms with Gasteiger partial charge in [0.1, 0.15) is 0 Å². The summed E-state index contributed by atoms with van der Waals surface area (Å²) in [5.41, 5.74) is 15.5. The fraction of sp³-hybridized carbons (Fsp3) is 0.368. The highest BCUT2D eigenvalue weighted by Crippen LogP contribution is 2.32. The molecule has 0 fully saturated rings. The molecule has 0 spiro atoms. The van der Waals surface area contributed by atoms with E-state index in [4.69, 9.17) is 5.73 Å². The lowest BCUT2D eigenvalue weighted by molar-refractivity contribution is 0.699. The molecule has 0 aliphatic carbocycles. The van der Waals surface area contributed by atoms with Gasteiger partial charge in [-0.05, 0) is 79.1 Å². The van der Waals surface area contributed by atoms with Crippen LogP contribution in [0.3, 0.4) is 0 Å². The summed E-state index contributed by atoms with van der Waals surface area (Å²) >= 11 is 0. The van der Waals surface area contributed by atoms with Crippen molar-refractivity contribution in [2.45, 2.75) is 47.1 Å². The normalized spacial score (nSPS) is 12.5. The van der Waals surface area contributed by atoms with Crippen molar-refractivity contribution in [3.05, 3.63) is 58.1 Å². The number of hydrogen-bond donors (Lipinski definition) is 1. The molecule has 0 aliphatic heterocycles. The van der Waals surface area contributed by atoms with Gasteiger partial charge in [0.05, 0.1) is 0 Å². The first-order valence-electron chi connectivity index (χ1n) is 7.39. The third-order valence-corrected chi connectivity index (χ3v) is 4.41. The van der Waals surface area contributed by atoms with Crippen LogP contribution in [0.25, 0.3) is 11.1 Å². The lowest BCUT2D eigenvalue weighted by Gasteiger charge is -2.17. The summed E-state index contributed by atoms with van der Waals surface area (Å²) in [7, 11) is 0. The minimum absolute atomic E-state index is 0.126. The molecule has 1 unspecified atom stereocenters. The molecule has 0 aliphatic rings. The quantitative estimate of drug-likeness (QED) is 0.832. The Hall–Kier alpha value is -1.60. The van der Waals surface area contributed by atoms with Gasteiger partial charge < -0.3 is 5.73 Å². The van der Waals surface area contributed by atoms with E-state index >= 15 is 0 Å². The van der Waals surface area contributed by atoms with Crippen LogP contribution in [-0.2, 0) is 0 Å². The molecule has 0 amide bonds. The zero-order valence-corrected chi connectivity index (χ0v) is 13.2. The summed E-state index contributed by atoms with van der Waals surface area (Å²) in [6.07, 6.45) is 0.967. The third kappa shape index (κ3) is 2.64. The first kappa shape index (κ1) is 14.8. The summed E-state index contributed by atoms with van der Waals surface area (Å²) in [4.78, 5) is 0. The van der Waals surface area contributed by atoms with Gasteiger partial charge in [-0.2, -0.15) is 0 Å². The van der Waals surface area contributed by atoms with E-state index in [1.165, 1.54) is 38.9 Å². The number of nitrogens with two attached hydrogens (primary N) is 1. The molecule has 2 aromatic carbocycles. The Balaban J connectivity index is 2.63. The molecule has 20 heavy (non-hydrogen) atoms. The Morgan fingerprint density at radius 1 is 0.950 bits per heavy atom. The van der Waals surface area contributed by atoms with Crippen molar-refractivity contribution in [3.8, 4) is 11.1 Å². The molecule has 0 bridgehead atoms. The van der Waals surface area contributed by atoms with Crippen LogP contribution in [0.4, 0.5) is 0 Å². The number of aryl methyl sites for hydroxylation is 2. The minimum atomic E-state index is 0.126. The first-order valence-corrected chi connectivity index (χ1v) is 7.39. The molecule has 0 saturated carbocycles. The van der Waals surface area contributed by atoms with Crippen LogP contribution in [0.2, 0.25) is 0 Å². The van der Waals surface area contributed by atoms with Crippen LogP contribution < -0.4 is 5.73 Å². The third-order valence-electron chi connectivity index (χ3n) is 4.41. The second kappa shape index (κ2) is 5.80. The van der Waals surface area contributed by atoms with Crippen molar-refractivity contribution in [2.75, 3.05) is 0 Å². The molecule has 2 N–H and O–H groups in total. The van der Waals surface area contributed by atoms with E-state index in [1.807, 2.05) is 0 Å². The van der Waals surface area contributed by atoms with Gasteiger partial charge in [0, 0.05) is 6.04 Å². The minimum Gasteiger partial charge on any atom is -0.324 e. The molecule has 2 rings (SSSR count). The molecule has 1 nitrogen and oxygen atoms in total. The standard InChI is InChI=1S/C19H25N/c1-6-18(20)16-8-7-9-17(11-16)19-14(4)12(2)10-13(3)15(19)5/h7-11,18H,6,20H2,1-5H3. The van der Waals surface area contributed by atoms with Gasteiger partial charge in [0.25, 0.3) is 0 Å². The molecule has 2 aromatic rings. The molecule has 0 heterocycles. The average Bonchev–Trinajstić information content (AvgIpc) is 2.45. The van der Waals surface area contributed by atoms with E-state index in [0.717, 1.165) is 6.42 Å². The van der Waals surface area contributed by atoms with Crippen LogP contribution in [0.1, 0.15) is 47.2 Å². The van der Waals surface area contributed by atoms with Crippen LogP contribution in [0.5, 0.6) is 0 Å². The molecular formula is C19H25N. The van der Waals surface area contributed by atoms with Crippen molar-refractivity contribution < 1.29 is 0 Å². The van der Waals surface area contributed by atoms with Crippen molar-refractivity contribution >= 4 is 0 Å². The van der Waals surface area contributed by atoms with E-state index in [-0.39, 0.29) is 6.04 Å². The fourth-order valence-corrected chi connectivity index (χ4v) is 2.81. The lowest BCUT2D eigenvalue weighted by Crippen LogP contribution is -2.08. The highest BCUT2D eigenvalue weighted by atomic mass is 14.6. The van der Waals surface area contributed by atoms with Crippen LogP contribution >= 0.6 is 0 Å². The van der Waals surface area contributed by atoms with E-state index in [9.17, 15) is 0 Å². The average molecular weight is 267 g/mol. The SMILES string of the molecule is CCC(N)c1cccc(-c2c(C)c(C)cc(C)c2C)c1. The van der Waals surface area contributed by atoms with Gasteiger partial charge in [0.15, 0.2) is 0 Å². The molecule has 0 radical (unpaired) electrons. The highest BCUT2D eigenvalue weighted by molar-refractivity contribution is 5.73. The van der Waals surface area contributed by atoms with Gasteiger partial charge in [-0.15, -0.1) is 0 Å². The predicted molar refractivity (Wildman–Crippen MR) is 88.0 cm³/mol. The Morgan fingerprint density at radius 3 is 2.10 bits per heavy atom. The van der Waals surface area contributed by atoms with Crippen LogP contribution in [-0.4, -0.2) is 0 Å². The Labute approximate surface area is 122 Å². The second-order valence-electron chi connectivity index (χ2n) is 5.78. The number of rotatable bonds is 3. The maximum Gasteiger partial charge on any atom is 0.0292 e. The Kier molecular flexibility index (Phi) is 4.29. The van der Waals surface area contributed by atoms with Gasteiger partial charge in [-0.1, -0.05) is 31.2 Å².